The van der Waals surface area contributed by atoms with Gasteiger partial charge in [0.1, 0.15) is 0 Å². The number of para-hydroxylation sites is 1. The number of hydrogen-bond acceptors (Lipinski definition) is 3. The number of nitrogens with zero attached hydrogens (tertiary/aromatic N) is 1. The Bertz CT molecular complexity index is 475. The molecule has 1 aromatic carbocycles. The normalized spacial score (nSPS) is 16.4. The van der Waals surface area contributed by atoms with Crippen molar-refractivity contribution < 1.29 is 0 Å². The van der Waals surface area contributed by atoms with Gasteiger partial charge in [0, 0.05) is 18.4 Å². The highest BCUT2D eigenvalue weighted by atomic mass is 32.2. The van der Waals surface area contributed by atoms with Crippen molar-refractivity contribution in [2.75, 3.05) is 18.2 Å². The van der Waals surface area contributed by atoms with Gasteiger partial charge in [-0.05, 0) is 30.0 Å². The molecule has 0 N–H and O–H groups in total. The van der Waals surface area contributed by atoms with Gasteiger partial charge in [0.05, 0.1) is 4.20 Å². The van der Waals surface area contributed by atoms with E-state index in [0.29, 0.717) is 0 Å². The maximum absolute atomic E-state index is 5.21. The summed E-state index contributed by atoms with van der Waals surface area (Å²) in [6.07, 6.45) is 8.27. The molecule has 0 saturated heterocycles. The van der Waals surface area contributed by atoms with E-state index in [0.717, 1.165) is 9.89 Å². The third-order valence-electron chi connectivity index (χ3n) is 2.59. The molecule has 1 aliphatic heterocycles. The molecule has 1 heterocycles. The number of fused-ring (bicyclic) bond motifs is 1. The van der Waals surface area contributed by atoms with Crippen molar-refractivity contribution in [3.05, 3.63) is 47.7 Å². The highest BCUT2D eigenvalue weighted by Gasteiger charge is 2.12. The summed E-state index contributed by atoms with van der Waals surface area (Å²) < 4.78 is 0.908. The van der Waals surface area contributed by atoms with Crippen LogP contribution in [0.4, 0.5) is 5.69 Å². The van der Waals surface area contributed by atoms with Crippen molar-refractivity contribution in [2.24, 2.45) is 0 Å². The van der Waals surface area contributed by atoms with Crippen molar-refractivity contribution in [3.8, 4) is 0 Å². The van der Waals surface area contributed by atoms with Crippen molar-refractivity contribution in [1.82, 2.24) is 0 Å². The van der Waals surface area contributed by atoms with Gasteiger partial charge in [-0.25, -0.2) is 0 Å². The lowest BCUT2D eigenvalue weighted by molar-refractivity contribution is 1.13. The van der Waals surface area contributed by atoms with E-state index in [4.69, 9.17) is 12.2 Å². The zero-order valence-electron chi connectivity index (χ0n) is 9.31. The van der Waals surface area contributed by atoms with Crippen LogP contribution in [-0.2, 0) is 0 Å². The second-order valence-electron chi connectivity index (χ2n) is 3.54. The molecule has 1 aliphatic rings. The summed E-state index contributed by atoms with van der Waals surface area (Å²) >= 11 is 6.81. The first-order chi connectivity index (χ1) is 7.72. The monoisotopic (exact) mass is 247 g/mol. The number of allylic oxidation sites excluding steroid dienone is 1. The summed E-state index contributed by atoms with van der Waals surface area (Å²) in [5.74, 6) is 0. The van der Waals surface area contributed by atoms with Crippen molar-refractivity contribution in [2.45, 2.75) is 0 Å². The molecule has 0 fully saturated rings. The van der Waals surface area contributed by atoms with Crippen LogP contribution in [0.15, 0.2) is 42.1 Å². The predicted octanol–water partition coefficient (Wildman–Crippen LogP) is 3.72. The Hall–Kier alpha value is -1.06. The smallest absolute Gasteiger partial charge is 0.0723 e. The van der Waals surface area contributed by atoms with E-state index >= 15 is 0 Å². The number of rotatable bonds is 1. The molecule has 16 heavy (non-hydrogen) atoms. The predicted molar refractivity (Wildman–Crippen MR) is 78.1 cm³/mol. The number of anilines is 1. The Labute approximate surface area is 106 Å². The van der Waals surface area contributed by atoms with Gasteiger partial charge in [-0.2, -0.15) is 0 Å². The molecule has 0 saturated carbocycles. The molecule has 0 atom stereocenters. The van der Waals surface area contributed by atoms with Crippen LogP contribution >= 0.6 is 24.0 Å². The maximum atomic E-state index is 5.21. The molecule has 0 unspecified atom stereocenters. The Balaban J connectivity index is 2.38. The molecule has 1 nitrogen and oxygen atoms in total. The minimum Gasteiger partial charge on any atom is -0.344 e. The standard InChI is InChI=1S/C13H13NS2/c1-14-11(9-13(15)16-2)8-7-10-5-3-4-6-12(10)14/h3-9H,1-2H3/b11-9+. The lowest BCUT2D eigenvalue weighted by Gasteiger charge is -2.26. The summed E-state index contributed by atoms with van der Waals surface area (Å²) in [6.45, 7) is 0. The maximum Gasteiger partial charge on any atom is 0.0723 e. The number of hydrogen-bond donors (Lipinski definition) is 0. The molecule has 82 valence electrons. The highest BCUT2D eigenvalue weighted by Crippen LogP contribution is 2.29. The third-order valence-corrected chi connectivity index (χ3v) is 3.72. The first kappa shape index (κ1) is 11.4. The van der Waals surface area contributed by atoms with Crippen molar-refractivity contribution >= 4 is 39.9 Å². The largest absolute Gasteiger partial charge is 0.344 e. The van der Waals surface area contributed by atoms with Crippen LogP contribution in [0.2, 0.25) is 0 Å². The van der Waals surface area contributed by atoms with Crippen LogP contribution in [0.25, 0.3) is 6.08 Å². The first-order valence-corrected chi connectivity index (χ1v) is 6.66. The minimum absolute atomic E-state index is 0.908. The van der Waals surface area contributed by atoms with E-state index < -0.39 is 0 Å². The van der Waals surface area contributed by atoms with Gasteiger partial charge in [-0.3, -0.25) is 0 Å². The summed E-state index contributed by atoms with van der Waals surface area (Å²) in [6, 6.07) is 8.35. The minimum atomic E-state index is 0.908. The molecule has 0 bridgehead atoms. The summed E-state index contributed by atoms with van der Waals surface area (Å²) in [4.78, 5) is 2.16. The SMILES string of the molecule is CSC(=S)/C=C1\C=Cc2ccccc2N1C. The van der Waals surface area contributed by atoms with Gasteiger partial charge in [0.2, 0.25) is 0 Å². The first-order valence-electron chi connectivity index (χ1n) is 5.03. The molecule has 0 aromatic heterocycles. The van der Waals surface area contributed by atoms with E-state index in [9.17, 15) is 0 Å². The Morgan fingerprint density at radius 3 is 2.81 bits per heavy atom. The summed E-state index contributed by atoms with van der Waals surface area (Å²) in [7, 11) is 2.07. The van der Waals surface area contributed by atoms with Gasteiger partial charge in [-0.1, -0.05) is 36.5 Å². The molecule has 2 rings (SSSR count). The molecule has 0 aliphatic carbocycles. The fourth-order valence-corrected chi connectivity index (χ4v) is 2.04. The number of benzene rings is 1. The molecule has 0 amide bonds. The molecule has 1 aromatic rings. The third kappa shape index (κ3) is 2.20. The molecular formula is C13H13NS2. The van der Waals surface area contributed by atoms with Crippen molar-refractivity contribution in [1.29, 1.82) is 0 Å². The lowest BCUT2D eigenvalue weighted by atomic mass is 10.1. The Morgan fingerprint density at radius 1 is 1.31 bits per heavy atom. The summed E-state index contributed by atoms with van der Waals surface area (Å²) in [5, 5.41) is 0. The Kier molecular flexibility index (Phi) is 3.46. The van der Waals surface area contributed by atoms with Gasteiger partial charge >= 0.3 is 0 Å². The average molecular weight is 247 g/mol. The van der Waals surface area contributed by atoms with E-state index in [1.54, 1.807) is 11.8 Å². The average Bonchev–Trinajstić information content (AvgIpc) is 2.33. The van der Waals surface area contributed by atoms with Gasteiger partial charge in [0.25, 0.3) is 0 Å². The van der Waals surface area contributed by atoms with E-state index in [2.05, 4.69) is 48.4 Å². The van der Waals surface area contributed by atoms with Gasteiger partial charge in [0.15, 0.2) is 0 Å². The van der Waals surface area contributed by atoms with Crippen LogP contribution in [0.3, 0.4) is 0 Å². The number of thiocarbonyl (C=S) groups is 1. The quantitative estimate of drug-likeness (QED) is 0.550. The summed E-state index contributed by atoms with van der Waals surface area (Å²) in [5.41, 5.74) is 3.61. The lowest BCUT2D eigenvalue weighted by Crippen LogP contribution is -2.19. The number of likely N-dealkylation sites (N-methyl/N-ethyl adjacent to an activating group) is 1. The molecule has 0 radical (unpaired) electrons. The molecular weight excluding hydrogens is 234 g/mol. The second-order valence-corrected chi connectivity index (χ2v) is 5.09. The fourth-order valence-electron chi connectivity index (χ4n) is 1.68. The van der Waals surface area contributed by atoms with Crippen LogP contribution < -0.4 is 4.90 Å². The van der Waals surface area contributed by atoms with Crippen LogP contribution in [0, 0.1) is 0 Å². The van der Waals surface area contributed by atoms with Gasteiger partial charge in [-0.15, -0.1) is 11.8 Å². The van der Waals surface area contributed by atoms with Crippen LogP contribution in [0.1, 0.15) is 5.56 Å². The van der Waals surface area contributed by atoms with Gasteiger partial charge < -0.3 is 4.90 Å². The second kappa shape index (κ2) is 4.85. The number of thioether (sulfide) groups is 1. The van der Waals surface area contributed by atoms with Crippen molar-refractivity contribution in [3.63, 3.8) is 0 Å². The zero-order valence-corrected chi connectivity index (χ0v) is 10.9. The topological polar surface area (TPSA) is 3.24 Å². The molecule has 0 spiro atoms. The zero-order chi connectivity index (χ0) is 11.5. The van der Waals surface area contributed by atoms with E-state index in [1.165, 1.54) is 11.3 Å². The highest BCUT2D eigenvalue weighted by molar-refractivity contribution is 8.23. The molecule has 3 heteroatoms. The van der Waals surface area contributed by atoms with Crippen LogP contribution in [0.5, 0.6) is 0 Å². The fraction of sp³-hybridized carbons (Fsp3) is 0.154. The Morgan fingerprint density at radius 2 is 2.06 bits per heavy atom. The van der Waals surface area contributed by atoms with Crippen LogP contribution in [-0.4, -0.2) is 17.5 Å². The van der Waals surface area contributed by atoms with E-state index in [-0.39, 0.29) is 0 Å². The van der Waals surface area contributed by atoms with E-state index in [1.807, 2.05) is 12.3 Å².